The summed E-state index contributed by atoms with van der Waals surface area (Å²) in [5.74, 6) is -1.16. The third-order valence-electron chi connectivity index (χ3n) is 4.92. The van der Waals surface area contributed by atoms with Gasteiger partial charge in [0.05, 0.1) is 16.8 Å². The Bertz CT molecular complexity index is 1050. The van der Waals surface area contributed by atoms with Crippen LogP contribution < -0.4 is 5.73 Å². The third kappa shape index (κ3) is 5.10. The zero-order valence-electron chi connectivity index (χ0n) is 17.3. The molecule has 0 amide bonds. The molecule has 0 aliphatic carbocycles. The molecule has 3 rings (SSSR count). The molecule has 0 spiro atoms. The highest BCUT2D eigenvalue weighted by atomic mass is 19.4. The summed E-state index contributed by atoms with van der Waals surface area (Å²) in [7, 11) is 0. The van der Waals surface area contributed by atoms with E-state index in [4.69, 9.17) is 10.8 Å². The van der Waals surface area contributed by atoms with Crippen molar-refractivity contribution in [1.29, 1.82) is 0 Å². The lowest BCUT2D eigenvalue weighted by Crippen LogP contribution is -2.12. The van der Waals surface area contributed by atoms with E-state index >= 15 is 0 Å². The second-order valence-electron chi connectivity index (χ2n) is 7.06. The molecule has 2 aromatic carbocycles. The summed E-state index contributed by atoms with van der Waals surface area (Å²) < 4.78 is 40.4. The highest BCUT2D eigenvalue weighted by molar-refractivity contribution is 5.89. The average molecular weight is 418 g/mol. The number of aryl methyl sites for hydroxylation is 3. The molecular weight excluding hydrogens is 393 g/mol. The van der Waals surface area contributed by atoms with Crippen molar-refractivity contribution in [1.82, 2.24) is 4.57 Å². The van der Waals surface area contributed by atoms with Gasteiger partial charge >= 0.3 is 12.1 Å². The van der Waals surface area contributed by atoms with Gasteiger partial charge in [0, 0.05) is 17.9 Å². The van der Waals surface area contributed by atoms with Crippen molar-refractivity contribution in [2.45, 2.75) is 40.4 Å². The predicted molar refractivity (Wildman–Crippen MR) is 111 cm³/mol. The fraction of sp³-hybridized carbons (Fsp3) is 0.261. The van der Waals surface area contributed by atoms with E-state index in [-0.39, 0.29) is 16.9 Å². The van der Waals surface area contributed by atoms with Gasteiger partial charge in [0.25, 0.3) is 0 Å². The largest absolute Gasteiger partial charge is 0.478 e. The summed E-state index contributed by atoms with van der Waals surface area (Å²) in [6.45, 7) is 7.92. The number of carboxylic acids is 1. The van der Waals surface area contributed by atoms with E-state index in [9.17, 15) is 18.0 Å². The molecule has 0 fully saturated rings. The summed E-state index contributed by atoms with van der Waals surface area (Å²) in [5.41, 5.74) is 9.18. The number of halogens is 3. The number of aromatic carboxylic acids is 1. The Morgan fingerprint density at radius 1 is 1.00 bits per heavy atom. The molecule has 0 radical (unpaired) electrons. The second kappa shape index (κ2) is 9.17. The highest BCUT2D eigenvalue weighted by Crippen LogP contribution is 2.35. The van der Waals surface area contributed by atoms with Gasteiger partial charge in [-0.1, -0.05) is 30.3 Å². The van der Waals surface area contributed by atoms with Crippen LogP contribution in [0.4, 0.5) is 13.2 Å². The summed E-state index contributed by atoms with van der Waals surface area (Å²) in [6, 6.07) is 12.8. The molecule has 1 heterocycles. The number of alkyl halides is 3. The second-order valence-corrected chi connectivity index (χ2v) is 7.06. The summed E-state index contributed by atoms with van der Waals surface area (Å²) in [4.78, 5) is 11.1. The molecule has 0 aliphatic heterocycles. The van der Waals surface area contributed by atoms with Gasteiger partial charge in [-0.15, -0.1) is 0 Å². The fourth-order valence-corrected chi connectivity index (χ4v) is 3.19. The van der Waals surface area contributed by atoms with E-state index in [2.05, 4.69) is 32.0 Å². The minimum absolute atomic E-state index is 0.000484. The Balaban J connectivity index is 0.000000269. The van der Waals surface area contributed by atoms with Crippen molar-refractivity contribution in [2.24, 2.45) is 5.73 Å². The van der Waals surface area contributed by atoms with Gasteiger partial charge in [0.1, 0.15) is 0 Å². The smallest absolute Gasteiger partial charge is 0.418 e. The Labute approximate surface area is 173 Å². The van der Waals surface area contributed by atoms with Crippen LogP contribution in [0.15, 0.2) is 48.5 Å². The fourth-order valence-electron chi connectivity index (χ4n) is 3.19. The molecule has 0 saturated heterocycles. The highest BCUT2D eigenvalue weighted by Gasteiger charge is 2.34. The molecule has 30 heavy (non-hydrogen) atoms. The van der Waals surface area contributed by atoms with Gasteiger partial charge in [-0.05, 0) is 62.6 Å². The Hall–Kier alpha value is -3.06. The van der Waals surface area contributed by atoms with Crippen molar-refractivity contribution < 1.29 is 23.1 Å². The standard InChI is InChI=1S/C14H12F3NO2.C9H13N/c1-8-7-10(13(19)20)9(2)18(8)12-6-4-3-5-11(12)14(15,16)17;1-7-3-4-9(6-10)5-8(7)2/h3-7H,1-2H3,(H,19,20);3-5H,6,10H2,1-2H3. The first kappa shape index (κ1) is 23.2. The number of nitrogens with two attached hydrogens (primary N) is 1. The van der Waals surface area contributed by atoms with Gasteiger partial charge in [-0.3, -0.25) is 0 Å². The van der Waals surface area contributed by atoms with Crippen LogP contribution in [0.2, 0.25) is 0 Å². The van der Waals surface area contributed by atoms with E-state index in [0.717, 1.165) is 6.07 Å². The van der Waals surface area contributed by atoms with Crippen molar-refractivity contribution in [3.63, 3.8) is 0 Å². The van der Waals surface area contributed by atoms with Gasteiger partial charge < -0.3 is 15.4 Å². The normalized spacial score (nSPS) is 11.1. The minimum Gasteiger partial charge on any atom is -0.478 e. The molecule has 0 atom stereocenters. The zero-order valence-corrected chi connectivity index (χ0v) is 17.3. The van der Waals surface area contributed by atoms with Gasteiger partial charge in [-0.2, -0.15) is 13.2 Å². The number of hydrogen-bond donors (Lipinski definition) is 2. The molecule has 0 saturated carbocycles. The maximum Gasteiger partial charge on any atom is 0.418 e. The topological polar surface area (TPSA) is 68.2 Å². The minimum atomic E-state index is -4.50. The summed E-state index contributed by atoms with van der Waals surface area (Å²) in [5, 5.41) is 9.04. The molecule has 3 aromatic rings. The van der Waals surface area contributed by atoms with Crippen LogP contribution >= 0.6 is 0 Å². The molecular formula is C23H25F3N2O2. The molecule has 0 bridgehead atoms. The van der Waals surface area contributed by atoms with Crippen LogP contribution in [-0.4, -0.2) is 15.6 Å². The molecule has 0 unspecified atom stereocenters. The van der Waals surface area contributed by atoms with Gasteiger partial charge in [0.15, 0.2) is 0 Å². The van der Waals surface area contributed by atoms with Gasteiger partial charge in [-0.25, -0.2) is 4.79 Å². The Morgan fingerprint density at radius 2 is 1.63 bits per heavy atom. The Morgan fingerprint density at radius 3 is 2.13 bits per heavy atom. The number of hydrogen-bond acceptors (Lipinski definition) is 2. The lowest BCUT2D eigenvalue weighted by molar-refractivity contribution is -0.137. The molecule has 0 aliphatic rings. The lowest BCUT2D eigenvalue weighted by atomic mass is 10.1. The number of carbonyl (C=O) groups is 1. The monoisotopic (exact) mass is 418 g/mol. The SMILES string of the molecule is Cc1cc(C(=O)O)c(C)n1-c1ccccc1C(F)(F)F.Cc1ccc(CN)cc1C. The molecule has 3 N–H and O–H groups in total. The van der Waals surface area contributed by atoms with E-state index in [1.165, 1.54) is 52.4 Å². The first-order valence-electron chi connectivity index (χ1n) is 9.32. The van der Waals surface area contributed by atoms with Crippen LogP contribution in [0.25, 0.3) is 5.69 Å². The van der Waals surface area contributed by atoms with E-state index in [1.54, 1.807) is 6.92 Å². The van der Waals surface area contributed by atoms with Crippen molar-refractivity contribution in [3.05, 3.63) is 87.7 Å². The van der Waals surface area contributed by atoms with Crippen LogP contribution in [0.5, 0.6) is 0 Å². The molecule has 4 nitrogen and oxygen atoms in total. The molecule has 1 aromatic heterocycles. The van der Waals surface area contributed by atoms with Crippen LogP contribution in [0.1, 0.15) is 44.0 Å². The predicted octanol–water partition coefficient (Wildman–Crippen LogP) is 5.57. The molecule has 160 valence electrons. The van der Waals surface area contributed by atoms with E-state index < -0.39 is 17.7 Å². The zero-order chi connectivity index (χ0) is 22.6. The van der Waals surface area contributed by atoms with E-state index in [0.29, 0.717) is 12.2 Å². The van der Waals surface area contributed by atoms with Crippen LogP contribution in [0, 0.1) is 27.7 Å². The summed E-state index contributed by atoms with van der Waals surface area (Å²) in [6.07, 6.45) is -4.50. The number of nitrogens with zero attached hydrogens (tertiary/aromatic N) is 1. The first-order valence-corrected chi connectivity index (χ1v) is 9.32. The average Bonchev–Trinajstić information content (AvgIpc) is 2.98. The number of carboxylic acid groups (broad SMARTS) is 1. The van der Waals surface area contributed by atoms with Crippen molar-refractivity contribution in [2.75, 3.05) is 0 Å². The van der Waals surface area contributed by atoms with Gasteiger partial charge in [0.2, 0.25) is 0 Å². The Kier molecular flexibility index (Phi) is 7.10. The first-order chi connectivity index (χ1) is 14.0. The number of aromatic nitrogens is 1. The van der Waals surface area contributed by atoms with E-state index in [1.807, 2.05) is 0 Å². The molecule has 7 heteroatoms. The van der Waals surface area contributed by atoms with Crippen LogP contribution in [-0.2, 0) is 12.7 Å². The van der Waals surface area contributed by atoms with Crippen molar-refractivity contribution >= 4 is 5.97 Å². The number of para-hydroxylation sites is 1. The third-order valence-corrected chi connectivity index (χ3v) is 4.92. The maximum absolute atomic E-state index is 13.0. The number of rotatable bonds is 3. The summed E-state index contributed by atoms with van der Waals surface area (Å²) >= 11 is 0. The number of benzene rings is 2. The lowest BCUT2D eigenvalue weighted by Gasteiger charge is -2.16. The quantitative estimate of drug-likeness (QED) is 0.584. The van der Waals surface area contributed by atoms with Crippen molar-refractivity contribution in [3.8, 4) is 5.69 Å². The van der Waals surface area contributed by atoms with Crippen LogP contribution in [0.3, 0.4) is 0 Å². The maximum atomic E-state index is 13.0.